The second kappa shape index (κ2) is 7.56. The van der Waals surface area contributed by atoms with Crippen LogP contribution < -0.4 is 0 Å². The van der Waals surface area contributed by atoms with Crippen LogP contribution in [0.25, 0.3) is 0 Å². The molecule has 20 heavy (non-hydrogen) atoms. The molecule has 1 aromatic carbocycles. The minimum Gasteiger partial charge on any atom is -0.354 e. The number of nitro benzene ring substituents is 1. The highest BCUT2D eigenvalue weighted by atomic mass is 16.7. The summed E-state index contributed by atoms with van der Waals surface area (Å²) >= 11 is 0. The van der Waals surface area contributed by atoms with Crippen molar-refractivity contribution in [1.29, 1.82) is 0 Å². The highest BCUT2D eigenvalue weighted by Gasteiger charge is 2.19. The minimum absolute atomic E-state index is 0.0339. The first-order valence-corrected chi connectivity index (χ1v) is 6.01. The molecule has 1 rings (SSSR count). The van der Waals surface area contributed by atoms with Crippen LogP contribution in [0.3, 0.4) is 0 Å². The second-order valence-corrected chi connectivity index (χ2v) is 4.24. The summed E-state index contributed by atoms with van der Waals surface area (Å²) in [7, 11) is 4.56. The van der Waals surface area contributed by atoms with Gasteiger partial charge in [0.2, 0.25) is 5.91 Å². The van der Waals surface area contributed by atoms with Crippen LogP contribution in [-0.4, -0.2) is 49.8 Å². The summed E-state index contributed by atoms with van der Waals surface area (Å²) in [6.45, 7) is 0.256. The lowest BCUT2D eigenvalue weighted by atomic mass is 10.1. The lowest BCUT2D eigenvalue weighted by Gasteiger charge is -2.22. The Hall–Kier alpha value is -1.99. The first-order chi connectivity index (χ1) is 9.49. The summed E-state index contributed by atoms with van der Waals surface area (Å²) in [5.41, 5.74) is 0.338. The summed E-state index contributed by atoms with van der Waals surface area (Å²) in [5.74, 6) is -0.238. The predicted molar refractivity (Wildman–Crippen MR) is 72.2 cm³/mol. The Bertz CT molecular complexity index is 474. The quantitative estimate of drug-likeness (QED) is 0.426. The molecule has 0 spiro atoms. The van der Waals surface area contributed by atoms with Gasteiger partial charge in [0.1, 0.15) is 0 Å². The summed E-state index contributed by atoms with van der Waals surface area (Å²) < 4.78 is 10.0. The van der Waals surface area contributed by atoms with Crippen molar-refractivity contribution in [1.82, 2.24) is 4.90 Å². The number of methoxy groups -OCH3 is 2. The molecule has 0 atom stereocenters. The van der Waals surface area contributed by atoms with E-state index in [-0.39, 0.29) is 24.6 Å². The Morgan fingerprint density at radius 1 is 1.35 bits per heavy atom. The fourth-order valence-electron chi connectivity index (χ4n) is 1.71. The van der Waals surface area contributed by atoms with E-state index >= 15 is 0 Å². The van der Waals surface area contributed by atoms with Gasteiger partial charge in [-0.1, -0.05) is 18.2 Å². The van der Waals surface area contributed by atoms with Crippen molar-refractivity contribution in [2.75, 3.05) is 27.8 Å². The van der Waals surface area contributed by atoms with Crippen LogP contribution in [0.4, 0.5) is 5.69 Å². The molecule has 0 bridgehead atoms. The Labute approximate surface area is 117 Å². The molecule has 0 aliphatic rings. The van der Waals surface area contributed by atoms with Crippen LogP contribution in [0, 0.1) is 10.1 Å². The molecule has 7 heteroatoms. The van der Waals surface area contributed by atoms with Crippen LogP contribution in [0.2, 0.25) is 0 Å². The van der Waals surface area contributed by atoms with Crippen LogP contribution in [-0.2, 0) is 20.7 Å². The SMILES string of the molecule is COC(CN(C)C(=O)Cc1ccccc1[N+](=O)[O-])OC. The van der Waals surface area contributed by atoms with Crippen molar-refractivity contribution < 1.29 is 19.2 Å². The molecule has 0 fully saturated rings. The number of nitrogens with zero attached hydrogens (tertiary/aromatic N) is 2. The average molecular weight is 282 g/mol. The predicted octanol–water partition coefficient (Wildman–Crippen LogP) is 1.21. The smallest absolute Gasteiger partial charge is 0.273 e. The molecule has 0 saturated carbocycles. The topological polar surface area (TPSA) is 81.9 Å². The van der Waals surface area contributed by atoms with Gasteiger partial charge in [-0.2, -0.15) is 0 Å². The Morgan fingerprint density at radius 2 is 1.95 bits per heavy atom. The molecule has 0 aliphatic heterocycles. The Morgan fingerprint density at radius 3 is 2.50 bits per heavy atom. The third-order valence-electron chi connectivity index (χ3n) is 2.90. The zero-order valence-electron chi connectivity index (χ0n) is 11.7. The molecule has 0 aliphatic carbocycles. The van der Waals surface area contributed by atoms with Crippen LogP contribution in [0.5, 0.6) is 0 Å². The number of hydrogen-bond acceptors (Lipinski definition) is 5. The number of ether oxygens (including phenoxy) is 2. The maximum Gasteiger partial charge on any atom is 0.273 e. The van der Waals surface area contributed by atoms with Crippen molar-refractivity contribution in [3.8, 4) is 0 Å². The molecule has 0 N–H and O–H groups in total. The first-order valence-electron chi connectivity index (χ1n) is 6.01. The summed E-state index contributed by atoms with van der Waals surface area (Å²) in [6.07, 6.45) is -0.553. The average Bonchev–Trinajstić information content (AvgIpc) is 2.44. The largest absolute Gasteiger partial charge is 0.354 e. The number of hydrogen-bond donors (Lipinski definition) is 0. The van der Waals surface area contributed by atoms with E-state index in [9.17, 15) is 14.9 Å². The van der Waals surface area contributed by atoms with Gasteiger partial charge in [-0.05, 0) is 0 Å². The molecule has 0 unspecified atom stereocenters. The monoisotopic (exact) mass is 282 g/mol. The molecule has 1 amide bonds. The van der Waals surface area contributed by atoms with Crippen molar-refractivity contribution in [2.24, 2.45) is 0 Å². The van der Waals surface area contributed by atoms with Gasteiger partial charge in [0.05, 0.1) is 17.9 Å². The molecule has 7 nitrogen and oxygen atoms in total. The van der Waals surface area contributed by atoms with Gasteiger partial charge in [0.15, 0.2) is 6.29 Å². The molecule has 0 saturated heterocycles. The van der Waals surface area contributed by atoms with E-state index in [0.717, 1.165) is 0 Å². The zero-order chi connectivity index (χ0) is 15.1. The Kier molecular flexibility index (Phi) is 6.08. The molecule has 1 aromatic rings. The molecule has 110 valence electrons. The van der Waals surface area contributed by atoms with E-state index < -0.39 is 11.2 Å². The van der Waals surface area contributed by atoms with Crippen molar-refractivity contribution >= 4 is 11.6 Å². The number of carbonyl (C=O) groups excluding carboxylic acids is 1. The maximum absolute atomic E-state index is 12.0. The van der Waals surface area contributed by atoms with Gasteiger partial charge in [-0.3, -0.25) is 14.9 Å². The second-order valence-electron chi connectivity index (χ2n) is 4.24. The standard InChI is InChI=1S/C13H18N2O5/c1-14(9-13(19-2)20-3)12(16)8-10-6-4-5-7-11(10)15(17)18/h4-7,13H,8-9H2,1-3H3. The van der Waals surface area contributed by atoms with Gasteiger partial charge >= 0.3 is 0 Å². The summed E-state index contributed by atoms with van der Waals surface area (Å²) in [5, 5.41) is 10.9. The zero-order valence-corrected chi connectivity index (χ0v) is 11.7. The maximum atomic E-state index is 12.0. The Balaban J connectivity index is 2.73. The summed E-state index contributed by atoms with van der Waals surface area (Å²) in [6, 6.07) is 6.20. The van der Waals surface area contributed by atoms with Crippen LogP contribution >= 0.6 is 0 Å². The number of para-hydroxylation sites is 1. The van der Waals surface area contributed by atoms with Crippen molar-refractivity contribution in [3.63, 3.8) is 0 Å². The molecule has 0 radical (unpaired) electrons. The number of benzene rings is 1. The highest BCUT2D eigenvalue weighted by molar-refractivity contribution is 5.79. The number of amides is 1. The van der Waals surface area contributed by atoms with Gasteiger partial charge in [0, 0.05) is 32.9 Å². The molecule has 0 heterocycles. The number of carbonyl (C=O) groups is 1. The van der Waals surface area contributed by atoms with E-state index in [1.54, 1.807) is 25.2 Å². The van der Waals surface area contributed by atoms with E-state index in [1.807, 2.05) is 0 Å². The van der Waals surface area contributed by atoms with Gasteiger partial charge in [-0.25, -0.2) is 0 Å². The van der Waals surface area contributed by atoms with E-state index in [2.05, 4.69) is 0 Å². The van der Waals surface area contributed by atoms with Crippen molar-refractivity contribution in [3.05, 3.63) is 39.9 Å². The highest BCUT2D eigenvalue weighted by Crippen LogP contribution is 2.18. The third kappa shape index (κ3) is 4.29. The van der Waals surface area contributed by atoms with E-state index in [4.69, 9.17) is 9.47 Å². The fourth-order valence-corrected chi connectivity index (χ4v) is 1.71. The number of nitro groups is 1. The number of likely N-dealkylation sites (N-methyl/N-ethyl adjacent to an activating group) is 1. The normalized spacial score (nSPS) is 10.6. The fraction of sp³-hybridized carbons (Fsp3) is 0.462. The lowest BCUT2D eigenvalue weighted by Crippen LogP contribution is -2.37. The van der Waals surface area contributed by atoms with Gasteiger partial charge in [0.25, 0.3) is 5.69 Å². The third-order valence-corrected chi connectivity index (χ3v) is 2.90. The van der Waals surface area contributed by atoms with Crippen LogP contribution in [0.1, 0.15) is 5.56 Å². The van der Waals surface area contributed by atoms with Crippen LogP contribution in [0.15, 0.2) is 24.3 Å². The van der Waals surface area contributed by atoms with E-state index in [0.29, 0.717) is 5.56 Å². The molecular formula is C13H18N2O5. The minimum atomic E-state index is -0.519. The summed E-state index contributed by atoms with van der Waals surface area (Å²) in [4.78, 5) is 23.9. The van der Waals surface area contributed by atoms with Gasteiger partial charge in [-0.15, -0.1) is 0 Å². The van der Waals surface area contributed by atoms with E-state index in [1.165, 1.54) is 25.2 Å². The van der Waals surface area contributed by atoms with Crippen molar-refractivity contribution in [2.45, 2.75) is 12.7 Å². The first kappa shape index (κ1) is 16.1. The number of rotatable bonds is 7. The molecule has 0 aromatic heterocycles. The molecular weight excluding hydrogens is 264 g/mol. The lowest BCUT2D eigenvalue weighted by molar-refractivity contribution is -0.385. The van der Waals surface area contributed by atoms with Gasteiger partial charge < -0.3 is 14.4 Å².